The van der Waals surface area contributed by atoms with Gasteiger partial charge in [0.05, 0.1) is 0 Å². The second-order valence-corrected chi connectivity index (χ2v) is 5.09. The Morgan fingerprint density at radius 3 is 2.59 bits per heavy atom. The van der Waals surface area contributed by atoms with E-state index in [1.54, 1.807) is 12.1 Å². The van der Waals surface area contributed by atoms with Crippen molar-refractivity contribution in [1.82, 2.24) is 5.32 Å². The van der Waals surface area contributed by atoms with Gasteiger partial charge in [-0.2, -0.15) is 0 Å². The van der Waals surface area contributed by atoms with Gasteiger partial charge in [-0.05, 0) is 37.6 Å². The number of anilines is 1. The molecule has 1 aromatic rings. The largest absolute Gasteiger partial charge is 0.325 e. The monoisotopic (exact) mass is 318 g/mol. The summed E-state index contributed by atoms with van der Waals surface area (Å²) in [7, 11) is 0. The molecule has 0 saturated heterocycles. The van der Waals surface area contributed by atoms with E-state index in [1.807, 2.05) is 13.0 Å². The Hall–Kier alpha value is -1.07. The highest BCUT2D eigenvalue weighted by Crippen LogP contribution is 2.19. The van der Waals surface area contributed by atoms with Gasteiger partial charge in [-0.3, -0.25) is 10.1 Å². The van der Waals surface area contributed by atoms with Crippen molar-refractivity contribution in [2.75, 3.05) is 5.32 Å². The first-order valence-corrected chi connectivity index (χ1v) is 6.15. The summed E-state index contributed by atoms with van der Waals surface area (Å²) in [5, 5.41) is 3.97. The van der Waals surface area contributed by atoms with Crippen LogP contribution in [0.5, 0.6) is 0 Å². The van der Waals surface area contributed by atoms with Crippen molar-refractivity contribution < 1.29 is 9.59 Å². The number of amides is 3. The lowest BCUT2D eigenvalue weighted by Gasteiger charge is -2.10. The lowest BCUT2D eigenvalue weighted by molar-refractivity contribution is -0.119. The predicted molar refractivity (Wildman–Crippen MR) is 71.4 cm³/mol. The molecule has 2 N–H and O–H groups in total. The van der Waals surface area contributed by atoms with Crippen molar-refractivity contribution in [2.24, 2.45) is 0 Å². The van der Waals surface area contributed by atoms with Crippen LogP contribution in [0.25, 0.3) is 0 Å². The fraction of sp³-hybridized carbons (Fsp3) is 0.273. The Kier molecular flexibility index (Phi) is 4.96. The van der Waals surface area contributed by atoms with Crippen LogP contribution in [-0.4, -0.2) is 17.3 Å². The van der Waals surface area contributed by atoms with Crippen LogP contribution < -0.4 is 10.6 Å². The Balaban J connectivity index is 2.65. The number of rotatable bonds is 2. The number of carbonyl (C=O) groups is 2. The van der Waals surface area contributed by atoms with E-state index in [0.717, 1.165) is 10.0 Å². The van der Waals surface area contributed by atoms with Crippen LogP contribution in [0, 0.1) is 6.92 Å². The van der Waals surface area contributed by atoms with Gasteiger partial charge >= 0.3 is 6.03 Å². The molecule has 4 nitrogen and oxygen atoms in total. The zero-order valence-corrected chi connectivity index (χ0v) is 11.7. The second-order valence-electron chi connectivity index (χ2n) is 3.52. The lowest BCUT2D eigenvalue weighted by atomic mass is 10.2. The number of nitrogens with one attached hydrogen (secondary N) is 2. The van der Waals surface area contributed by atoms with Gasteiger partial charge in [0, 0.05) is 10.2 Å². The summed E-state index contributed by atoms with van der Waals surface area (Å²) in [5.41, 5.74) is 1.53. The molecular weight excluding hydrogens is 307 g/mol. The molecule has 6 heteroatoms. The Morgan fingerprint density at radius 1 is 1.41 bits per heavy atom. The molecule has 0 aromatic heterocycles. The number of aryl methyl sites for hydroxylation is 1. The third kappa shape index (κ3) is 4.36. The van der Waals surface area contributed by atoms with Crippen LogP contribution in [0.4, 0.5) is 10.5 Å². The number of alkyl halides is 1. The molecule has 1 rings (SSSR count). The van der Waals surface area contributed by atoms with E-state index in [9.17, 15) is 9.59 Å². The van der Waals surface area contributed by atoms with Gasteiger partial charge in [0.15, 0.2) is 0 Å². The van der Waals surface area contributed by atoms with Crippen LogP contribution >= 0.6 is 27.5 Å². The first kappa shape index (κ1) is 14.0. The number of imide groups is 1. The number of halogens is 2. The van der Waals surface area contributed by atoms with Gasteiger partial charge in [0.1, 0.15) is 5.38 Å². The Bertz CT molecular complexity index is 449. The maximum absolute atomic E-state index is 11.5. The number of hydrogen-bond acceptors (Lipinski definition) is 2. The summed E-state index contributed by atoms with van der Waals surface area (Å²) in [5.74, 6) is -0.529. The minimum atomic E-state index is -0.744. The topological polar surface area (TPSA) is 58.2 Å². The summed E-state index contributed by atoms with van der Waals surface area (Å²) in [6.45, 7) is 3.35. The van der Waals surface area contributed by atoms with Gasteiger partial charge in [0.25, 0.3) is 0 Å². The van der Waals surface area contributed by atoms with Crippen molar-refractivity contribution in [2.45, 2.75) is 19.2 Å². The van der Waals surface area contributed by atoms with E-state index < -0.39 is 17.3 Å². The van der Waals surface area contributed by atoms with E-state index in [2.05, 4.69) is 26.6 Å². The molecular formula is C11H12BrClN2O2. The van der Waals surface area contributed by atoms with Crippen LogP contribution in [0.15, 0.2) is 22.7 Å². The predicted octanol–water partition coefficient (Wildman–Crippen LogP) is 3.03. The molecule has 0 heterocycles. The van der Waals surface area contributed by atoms with Gasteiger partial charge in [0.2, 0.25) is 5.91 Å². The molecule has 1 unspecified atom stereocenters. The molecule has 1 atom stereocenters. The van der Waals surface area contributed by atoms with Crippen LogP contribution in [0.3, 0.4) is 0 Å². The molecule has 0 aliphatic carbocycles. The van der Waals surface area contributed by atoms with Crippen LogP contribution in [-0.2, 0) is 4.79 Å². The molecule has 0 fully saturated rings. The third-order valence-electron chi connectivity index (χ3n) is 2.03. The summed E-state index contributed by atoms with van der Waals surface area (Å²) in [6.07, 6.45) is 0. The smallest absolute Gasteiger partial charge is 0.307 e. The molecule has 0 aliphatic rings. The minimum absolute atomic E-state index is 0.529. The van der Waals surface area contributed by atoms with Crippen molar-refractivity contribution in [3.8, 4) is 0 Å². The third-order valence-corrected chi connectivity index (χ3v) is 2.73. The quantitative estimate of drug-likeness (QED) is 0.823. The van der Waals surface area contributed by atoms with E-state index in [4.69, 9.17) is 11.6 Å². The number of urea groups is 1. The van der Waals surface area contributed by atoms with Crippen molar-refractivity contribution >= 4 is 45.2 Å². The van der Waals surface area contributed by atoms with Gasteiger partial charge in [-0.25, -0.2) is 4.79 Å². The number of benzene rings is 1. The van der Waals surface area contributed by atoms with Gasteiger partial charge in [-0.1, -0.05) is 15.9 Å². The zero-order chi connectivity index (χ0) is 13.0. The van der Waals surface area contributed by atoms with E-state index >= 15 is 0 Å². The van der Waals surface area contributed by atoms with Crippen molar-refractivity contribution in [3.05, 3.63) is 28.2 Å². The number of carbonyl (C=O) groups excluding carboxylic acids is 2. The van der Waals surface area contributed by atoms with Crippen molar-refractivity contribution in [1.29, 1.82) is 0 Å². The molecule has 0 saturated carbocycles. The Morgan fingerprint density at radius 2 is 2.06 bits per heavy atom. The van der Waals surface area contributed by atoms with Crippen LogP contribution in [0.1, 0.15) is 12.5 Å². The molecule has 0 bridgehead atoms. The standard InChI is InChI=1S/C11H12BrClN2O2/c1-6-5-8(12)3-4-9(6)14-11(17)15-10(16)7(2)13/h3-5,7H,1-2H3,(H2,14,15,16,17). The molecule has 3 amide bonds. The summed E-state index contributed by atoms with van der Waals surface area (Å²) in [4.78, 5) is 22.6. The molecule has 0 aliphatic heterocycles. The normalized spacial score (nSPS) is 11.8. The molecule has 92 valence electrons. The fourth-order valence-electron chi connectivity index (χ4n) is 1.13. The highest BCUT2D eigenvalue weighted by atomic mass is 79.9. The minimum Gasteiger partial charge on any atom is -0.307 e. The molecule has 0 spiro atoms. The number of hydrogen-bond donors (Lipinski definition) is 2. The maximum Gasteiger partial charge on any atom is 0.325 e. The second kappa shape index (κ2) is 6.02. The first-order valence-electron chi connectivity index (χ1n) is 4.92. The van der Waals surface area contributed by atoms with E-state index in [0.29, 0.717) is 5.69 Å². The highest BCUT2D eigenvalue weighted by Gasteiger charge is 2.13. The SMILES string of the molecule is Cc1cc(Br)ccc1NC(=O)NC(=O)C(C)Cl. The van der Waals surface area contributed by atoms with Gasteiger partial charge < -0.3 is 5.32 Å². The van der Waals surface area contributed by atoms with Crippen molar-refractivity contribution in [3.63, 3.8) is 0 Å². The van der Waals surface area contributed by atoms with E-state index in [1.165, 1.54) is 6.92 Å². The Labute approximate surface area is 113 Å². The van der Waals surface area contributed by atoms with E-state index in [-0.39, 0.29) is 0 Å². The molecule has 0 radical (unpaired) electrons. The lowest BCUT2D eigenvalue weighted by Crippen LogP contribution is -2.38. The maximum atomic E-state index is 11.5. The average molecular weight is 320 g/mol. The summed E-state index contributed by atoms with van der Waals surface area (Å²) in [6, 6.07) is 4.82. The molecule has 1 aromatic carbocycles. The summed E-state index contributed by atoms with van der Waals surface area (Å²) >= 11 is 8.85. The fourth-order valence-corrected chi connectivity index (χ4v) is 1.66. The summed E-state index contributed by atoms with van der Waals surface area (Å²) < 4.78 is 0.923. The molecule has 17 heavy (non-hydrogen) atoms. The van der Waals surface area contributed by atoms with Crippen LogP contribution in [0.2, 0.25) is 0 Å². The first-order chi connectivity index (χ1) is 7.90. The zero-order valence-electron chi connectivity index (χ0n) is 9.38. The average Bonchev–Trinajstić information content (AvgIpc) is 2.22. The van der Waals surface area contributed by atoms with Gasteiger partial charge in [-0.15, -0.1) is 11.6 Å². The highest BCUT2D eigenvalue weighted by molar-refractivity contribution is 9.10.